The van der Waals surface area contributed by atoms with E-state index in [9.17, 15) is 12.8 Å². The molecule has 3 N–H and O–H groups in total. The fourth-order valence-corrected chi connectivity index (χ4v) is 3.56. The lowest BCUT2D eigenvalue weighted by atomic mass is 9.92. The maximum Gasteiger partial charge on any atom is 0.240 e. The van der Waals surface area contributed by atoms with Crippen molar-refractivity contribution in [3.05, 3.63) is 30.1 Å². The topological polar surface area (TPSA) is 72.2 Å². The molecule has 18 heavy (non-hydrogen) atoms. The van der Waals surface area contributed by atoms with E-state index in [1.165, 1.54) is 18.2 Å². The zero-order chi connectivity index (χ0) is 13.2. The number of nitrogens with two attached hydrogens (primary N) is 1. The highest BCUT2D eigenvalue weighted by Gasteiger charge is 2.27. The van der Waals surface area contributed by atoms with Crippen LogP contribution in [0.5, 0.6) is 0 Å². The third-order valence-electron chi connectivity index (χ3n) is 3.23. The van der Waals surface area contributed by atoms with Crippen LogP contribution in [0.2, 0.25) is 0 Å². The van der Waals surface area contributed by atoms with Crippen molar-refractivity contribution in [1.29, 1.82) is 0 Å². The normalized spacial score (nSPS) is 25.0. The average Bonchev–Trinajstić information content (AvgIpc) is 2.32. The van der Waals surface area contributed by atoms with Crippen molar-refractivity contribution in [1.82, 2.24) is 4.72 Å². The number of hydrogen-bond acceptors (Lipinski definition) is 3. The smallest absolute Gasteiger partial charge is 0.240 e. The van der Waals surface area contributed by atoms with E-state index >= 15 is 0 Å². The van der Waals surface area contributed by atoms with Gasteiger partial charge >= 0.3 is 0 Å². The maximum absolute atomic E-state index is 13.0. The number of nitrogens with one attached hydrogen (secondary N) is 1. The van der Waals surface area contributed by atoms with E-state index in [2.05, 4.69) is 4.72 Å². The Balaban J connectivity index is 2.16. The minimum atomic E-state index is -3.69. The van der Waals surface area contributed by atoms with Crippen LogP contribution >= 0.6 is 0 Å². The molecular formula is C12H17FN2O2S. The predicted octanol–water partition coefficient (Wildman–Crippen LogP) is 1.37. The quantitative estimate of drug-likeness (QED) is 0.873. The molecule has 1 aromatic rings. The van der Waals surface area contributed by atoms with Crippen LogP contribution in [-0.4, -0.2) is 20.5 Å². The van der Waals surface area contributed by atoms with Gasteiger partial charge in [-0.15, -0.1) is 0 Å². The van der Waals surface area contributed by atoms with Gasteiger partial charge in [0.15, 0.2) is 0 Å². The van der Waals surface area contributed by atoms with Crippen molar-refractivity contribution < 1.29 is 12.8 Å². The largest absolute Gasteiger partial charge is 0.326 e. The summed E-state index contributed by atoms with van der Waals surface area (Å²) < 4.78 is 39.7. The molecule has 0 aromatic heterocycles. The van der Waals surface area contributed by atoms with Crippen LogP contribution in [0.3, 0.4) is 0 Å². The second-order valence-corrected chi connectivity index (χ2v) is 6.35. The monoisotopic (exact) mass is 272 g/mol. The van der Waals surface area contributed by atoms with Crippen molar-refractivity contribution in [2.24, 2.45) is 5.73 Å². The van der Waals surface area contributed by atoms with E-state index < -0.39 is 15.8 Å². The Hall–Kier alpha value is -0.980. The molecule has 100 valence electrons. The van der Waals surface area contributed by atoms with E-state index in [1.807, 2.05) is 0 Å². The van der Waals surface area contributed by atoms with Gasteiger partial charge in [0, 0.05) is 12.1 Å². The first-order valence-electron chi connectivity index (χ1n) is 6.02. The lowest BCUT2D eigenvalue weighted by Crippen LogP contribution is -2.49. The van der Waals surface area contributed by atoms with Crippen LogP contribution < -0.4 is 10.5 Å². The zero-order valence-corrected chi connectivity index (χ0v) is 10.8. The minimum absolute atomic E-state index is 0.0553. The van der Waals surface area contributed by atoms with Crippen LogP contribution in [-0.2, 0) is 10.0 Å². The zero-order valence-electron chi connectivity index (χ0n) is 9.97. The van der Waals surface area contributed by atoms with Crippen LogP contribution in [0.25, 0.3) is 0 Å². The van der Waals surface area contributed by atoms with Crippen LogP contribution in [0.1, 0.15) is 25.7 Å². The van der Waals surface area contributed by atoms with Gasteiger partial charge in [-0.2, -0.15) is 0 Å². The predicted molar refractivity (Wildman–Crippen MR) is 67.0 cm³/mol. The molecule has 2 atom stereocenters. The molecule has 1 aliphatic rings. The highest BCUT2D eigenvalue weighted by atomic mass is 32.2. The van der Waals surface area contributed by atoms with Gasteiger partial charge in [0.05, 0.1) is 4.90 Å². The first kappa shape index (κ1) is 13.5. The maximum atomic E-state index is 13.0. The highest BCUT2D eigenvalue weighted by molar-refractivity contribution is 7.89. The molecular weight excluding hydrogens is 255 g/mol. The molecule has 0 bridgehead atoms. The standard InChI is InChI=1S/C12H17FN2O2S/c13-9-4-3-5-10(8-9)18(16,17)15-12-7-2-1-6-11(12)14/h3-5,8,11-12,15H,1-2,6-7,14H2. The average molecular weight is 272 g/mol. The molecule has 2 rings (SSSR count). The van der Waals surface area contributed by atoms with Gasteiger partial charge in [-0.05, 0) is 31.0 Å². The summed E-state index contributed by atoms with van der Waals surface area (Å²) >= 11 is 0. The molecule has 1 fully saturated rings. The van der Waals surface area contributed by atoms with Crippen molar-refractivity contribution in [3.8, 4) is 0 Å². The van der Waals surface area contributed by atoms with Crippen molar-refractivity contribution in [2.75, 3.05) is 0 Å². The molecule has 0 saturated heterocycles. The third-order valence-corrected chi connectivity index (χ3v) is 4.72. The minimum Gasteiger partial charge on any atom is -0.326 e. The molecule has 0 aliphatic heterocycles. The van der Waals surface area contributed by atoms with E-state index in [4.69, 9.17) is 5.73 Å². The molecule has 0 amide bonds. The summed E-state index contributed by atoms with van der Waals surface area (Å²) in [7, 11) is -3.69. The summed E-state index contributed by atoms with van der Waals surface area (Å²) in [4.78, 5) is -0.0553. The molecule has 0 heterocycles. The Morgan fingerprint density at radius 3 is 2.67 bits per heavy atom. The van der Waals surface area contributed by atoms with Crippen LogP contribution in [0, 0.1) is 5.82 Å². The molecule has 4 nitrogen and oxygen atoms in total. The van der Waals surface area contributed by atoms with Crippen molar-refractivity contribution in [3.63, 3.8) is 0 Å². The summed E-state index contributed by atoms with van der Waals surface area (Å²) in [6.45, 7) is 0. The Bertz CT molecular complexity index is 519. The lowest BCUT2D eigenvalue weighted by Gasteiger charge is -2.29. The number of halogens is 1. The Morgan fingerprint density at radius 1 is 1.28 bits per heavy atom. The summed E-state index contributed by atoms with van der Waals surface area (Å²) in [6.07, 6.45) is 3.54. The van der Waals surface area contributed by atoms with Crippen molar-refractivity contribution >= 4 is 10.0 Å². The van der Waals surface area contributed by atoms with Gasteiger partial charge in [-0.3, -0.25) is 0 Å². The first-order chi connectivity index (χ1) is 8.49. The van der Waals surface area contributed by atoms with Gasteiger partial charge in [0.25, 0.3) is 0 Å². The van der Waals surface area contributed by atoms with Gasteiger partial charge < -0.3 is 5.73 Å². The second-order valence-electron chi connectivity index (χ2n) is 4.63. The molecule has 1 saturated carbocycles. The van der Waals surface area contributed by atoms with Gasteiger partial charge in [-0.25, -0.2) is 17.5 Å². The van der Waals surface area contributed by atoms with Crippen LogP contribution in [0.4, 0.5) is 4.39 Å². The second kappa shape index (κ2) is 5.34. The van der Waals surface area contributed by atoms with E-state index in [-0.39, 0.29) is 17.0 Å². The number of benzene rings is 1. The summed E-state index contributed by atoms with van der Waals surface area (Å²) in [5.41, 5.74) is 5.89. The number of hydrogen-bond donors (Lipinski definition) is 2. The summed E-state index contributed by atoms with van der Waals surface area (Å²) in [6, 6.07) is 4.56. The summed E-state index contributed by atoms with van der Waals surface area (Å²) in [5, 5.41) is 0. The van der Waals surface area contributed by atoms with Crippen molar-refractivity contribution in [2.45, 2.75) is 42.7 Å². The Morgan fingerprint density at radius 2 is 2.00 bits per heavy atom. The molecule has 0 spiro atoms. The Kier molecular flexibility index (Phi) is 3.99. The molecule has 1 aromatic carbocycles. The number of sulfonamides is 1. The molecule has 0 radical (unpaired) electrons. The first-order valence-corrected chi connectivity index (χ1v) is 7.51. The van der Waals surface area contributed by atoms with Gasteiger partial charge in [-0.1, -0.05) is 18.9 Å². The number of rotatable bonds is 3. The molecule has 2 unspecified atom stereocenters. The SMILES string of the molecule is NC1CCCCC1NS(=O)(=O)c1cccc(F)c1. The fourth-order valence-electron chi connectivity index (χ4n) is 2.21. The molecule has 1 aliphatic carbocycles. The Labute approximate surface area is 106 Å². The molecule has 6 heteroatoms. The highest BCUT2D eigenvalue weighted by Crippen LogP contribution is 2.19. The van der Waals surface area contributed by atoms with Gasteiger partial charge in [0.2, 0.25) is 10.0 Å². The lowest BCUT2D eigenvalue weighted by molar-refractivity contribution is 0.361. The van der Waals surface area contributed by atoms with E-state index in [0.29, 0.717) is 0 Å². The van der Waals surface area contributed by atoms with E-state index in [1.54, 1.807) is 0 Å². The van der Waals surface area contributed by atoms with Gasteiger partial charge in [0.1, 0.15) is 5.82 Å². The third kappa shape index (κ3) is 3.07. The van der Waals surface area contributed by atoms with E-state index in [0.717, 1.165) is 31.7 Å². The van der Waals surface area contributed by atoms with Crippen LogP contribution in [0.15, 0.2) is 29.2 Å². The fraction of sp³-hybridized carbons (Fsp3) is 0.500. The summed E-state index contributed by atoms with van der Waals surface area (Å²) in [5.74, 6) is -0.564.